The monoisotopic (exact) mass is 449 g/mol. The summed E-state index contributed by atoms with van der Waals surface area (Å²) in [6.45, 7) is 5.01. The molecule has 1 heterocycles. The standard InChI is InChI=1S/C26H24ClNO4/c1-3-5-13-31-24-21(27)14-17(16-23(24)30-4-2)15-22-26(29)32-25(28-22)20-12-8-10-18-9-6-7-11-19(18)20/h6-12,14-16H,3-5,13H2,1-2H3. The molecule has 3 aromatic carbocycles. The maximum absolute atomic E-state index is 12.5. The molecule has 0 fully saturated rings. The number of halogens is 1. The van der Waals surface area contributed by atoms with Crippen molar-refractivity contribution in [2.75, 3.05) is 13.2 Å². The molecule has 0 bridgehead atoms. The van der Waals surface area contributed by atoms with E-state index in [-0.39, 0.29) is 11.6 Å². The molecule has 5 nitrogen and oxygen atoms in total. The molecule has 164 valence electrons. The number of hydrogen-bond donors (Lipinski definition) is 0. The Balaban J connectivity index is 1.68. The zero-order valence-corrected chi connectivity index (χ0v) is 18.8. The van der Waals surface area contributed by atoms with Gasteiger partial charge in [0.1, 0.15) is 0 Å². The lowest BCUT2D eigenvalue weighted by atomic mass is 10.0. The number of cyclic esters (lactones) is 1. The number of esters is 1. The first-order chi connectivity index (χ1) is 15.6. The van der Waals surface area contributed by atoms with Crippen LogP contribution in [0.2, 0.25) is 5.02 Å². The molecular formula is C26H24ClNO4. The summed E-state index contributed by atoms with van der Waals surface area (Å²) in [5, 5.41) is 2.44. The Kier molecular flexibility index (Phi) is 6.76. The summed E-state index contributed by atoms with van der Waals surface area (Å²) in [6.07, 6.45) is 3.58. The number of carbonyl (C=O) groups is 1. The Hall–Kier alpha value is -3.31. The van der Waals surface area contributed by atoms with Crippen molar-refractivity contribution in [1.29, 1.82) is 0 Å². The molecule has 0 amide bonds. The van der Waals surface area contributed by atoms with Gasteiger partial charge in [0.2, 0.25) is 5.90 Å². The Bertz CT molecular complexity index is 1210. The van der Waals surface area contributed by atoms with Crippen LogP contribution in [0.5, 0.6) is 11.5 Å². The quantitative estimate of drug-likeness (QED) is 0.226. The summed E-state index contributed by atoms with van der Waals surface area (Å²) in [5.41, 5.74) is 1.65. The van der Waals surface area contributed by atoms with E-state index in [0.717, 1.165) is 29.2 Å². The van der Waals surface area contributed by atoms with E-state index in [0.29, 0.717) is 35.3 Å². The van der Waals surface area contributed by atoms with Gasteiger partial charge >= 0.3 is 5.97 Å². The Labute approximate surface area is 192 Å². The van der Waals surface area contributed by atoms with Gasteiger partial charge < -0.3 is 14.2 Å². The summed E-state index contributed by atoms with van der Waals surface area (Å²) in [7, 11) is 0. The highest BCUT2D eigenvalue weighted by molar-refractivity contribution is 6.32. The van der Waals surface area contributed by atoms with Gasteiger partial charge in [0.05, 0.1) is 18.2 Å². The van der Waals surface area contributed by atoms with Gasteiger partial charge in [0.15, 0.2) is 17.2 Å². The van der Waals surface area contributed by atoms with Crippen molar-refractivity contribution in [2.45, 2.75) is 26.7 Å². The van der Waals surface area contributed by atoms with Crippen molar-refractivity contribution in [3.05, 3.63) is 76.4 Å². The number of unbranched alkanes of at least 4 members (excludes halogenated alkanes) is 1. The fraction of sp³-hybridized carbons (Fsp3) is 0.231. The number of fused-ring (bicyclic) bond motifs is 1. The second-order valence-corrected chi connectivity index (χ2v) is 7.73. The summed E-state index contributed by atoms with van der Waals surface area (Å²) >= 11 is 6.47. The molecule has 6 heteroatoms. The molecule has 0 saturated carbocycles. The molecule has 0 unspecified atom stereocenters. The summed E-state index contributed by atoms with van der Waals surface area (Å²) in [4.78, 5) is 17.0. The van der Waals surface area contributed by atoms with E-state index in [1.165, 1.54) is 0 Å². The lowest BCUT2D eigenvalue weighted by Crippen LogP contribution is -2.06. The lowest BCUT2D eigenvalue weighted by molar-refractivity contribution is -0.129. The van der Waals surface area contributed by atoms with Crippen LogP contribution in [-0.4, -0.2) is 25.1 Å². The maximum atomic E-state index is 12.5. The zero-order chi connectivity index (χ0) is 22.5. The molecule has 0 saturated heterocycles. The van der Waals surface area contributed by atoms with Gasteiger partial charge in [0.25, 0.3) is 0 Å². The molecular weight excluding hydrogens is 426 g/mol. The number of carbonyl (C=O) groups excluding carboxylic acids is 1. The highest BCUT2D eigenvalue weighted by Crippen LogP contribution is 2.38. The smallest absolute Gasteiger partial charge is 0.363 e. The molecule has 0 spiro atoms. The van der Waals surface area contributed by atoms with Crippen molar-refractivity contribution in [1.82, 2.24) is 0 Å². The van der Waals surface area contributed by atoms with Crippen molar-refractivity contribution in [3.8, 4) is 11.5 Å². The van der Waals surface area contributed by atoms with Crippen LogP contribution in [0.3, 0.4) is 0 Å². The molecule has 0 N–H and O–H groups in total. The molecule has 0 aromatic heterocycles. The third-order valence-corrected chi connectivity index (χ3v) is 5.30. The molecule has 0 radical (unpaired) electrons. The van der Waals surface area contributed by atoms with Gasteiger partial charge in [-0.2, -0.15) is 0 Å². The Morgan fingerprint density at radius 3 is 2.69 bits per heavy atom. The number of ether oxygens (including phenoxy) is 3. The number of nitrogens with zero attached hydrogens (tertiary/aromatic N) is 1. The van der Waals surface area contributed by atoms with Crippen LogP contribution in [0.25, 0.3) is 16.8 Å². The molecule has 1 aliphatic rings. The van der Waals surface area contributed by atoms with E-state index < -0.39 is 5.97 Å². The van der Waals surface area contributed by atoms with Crippen LogP contribution in [0.15, 0.2) is 65.3 Å². The number of aliphatic imine (C=N–C) groups is 1. The second kappa shape index (κ2) is 9.88. The van der Waals surface area contributed by atoms with Gasteiger partial charge in [-0.1, -0.05) is 61.3 Å². The average molecular weight is 450 g/mol. The highest BCUT2D eigenvalue weighted by Gasteiger charge is 2.25. The van der Waals surface area contributed by atoms with Crippen LogP contribution < -0.4 is 9.47 Å². The van der Waals surface area contributed by atoms with Crippen molar-refractivity contribution in [2.24, 2.45) is 4.99 Å². The fourth-order valence-corrected chi connectivity index (χ4v) is 3.76. The van der Waals surface area contributed by atoms with Crippen molar-refractivity contribution < 1.29 is 19.0 Å². The Morgan fingerprint density at radius 1 is 1.06 bits per heavy atom. The number of hydrogen-bond acceptors (Lipinski definition) is 5. The van der Waals surface area contributed by atoms with E-state index in [4.69, 9.17) is 25.8 Å². The largest absolute Gasteiger partial charge is 0.490 e. The number of benzene rings is 3. The van der Waals surface area contributed by atoms with Crippen LogP contribution in [0, 0.1) is 0 Å². The normalized spacial score (nSPS) is 14.5. The highest BCUT2D eigenvalue weighted by atomic mass is 35.5. The van der Waals surface area contributed by atoms with Crippen molar-refractivity contribution in [3.63, 3.8) is 0 Å². The summed E-state index contributed by atoms with van der Waals surface area (Å²) < 4.78 is 17.0. The zero-order valence-electron chi connectivity index (χ0n) is 18.1. The molecule has 3 aromatic rings. The fourth-order valence-electron chi connectivity index (χ4n) is 3.49. The van der Waals surface area contributed by atoms with Gasteiger partial charge in [-0.25, -0.2) is 9.79 Å². The van der Waals surface area contributed by atoms with Crippen molar-refractivity contribution >= 4 is 40.3 Å². The van der Waals surface area contributed by atoms with Crippen LogP contribution in [-0.2, 0) is 9.53 Å². The predicted molar refractivity (Wildman–Crippen MR) is 128 cm³/mol. The van der Waals surface area contributed by atoms with E-state index >= 15 is 0 Å². The minimum atomic E-state index is -0.509. The van der Waals surface area contributed by atoms with Gasteiger partial charge in [-0.3, -0.25) is 0 Å². The van der Waals surface area contributed by atoms with Gasteiger partial charge in [-0.15, -0.1) is 0 Å². The van der Waals surface area contributed by atoms with Crippen LogP contribution in [0.4, 0.5) is 0 Å². The van der Waals surface area contributed by atoms with Crippen LogP contribution in [0.1, 0.15) is 37.8 Å². The molecule has 0 atom stereocenters. The maximum Gasteiger partial charge on any atom is 0.363 e. The van der Waals surface area contributed by atoms with E-state index in [9.17, 15) is 4.79 Å². The first-order valence-electron chi connectivity index (χ1n) is 10.7. The topological polar surface area (TPSA) is 57.1 Å². The molecule has 4 rings (SSSR count). The average Bonchev–Trinajstić information content (AvgIpc) is 3.15. The first-order valence-corrected chi connectivity index (χ1v) is 11.1. The summed E-state index contributed by atoms with van der Waals surface area (Å²) in [6, 6.07) is 17.2. The van der Waals surface area contributed by atoms with Gasteiger partial charge in [-0.05, 0) is 54.0 Å². The third kappa shape index (κ3) is 4.63. The SMILES string of the molecule is CCCCOc1c(Cl)cc(C=C2N=C(c3cccc4ccccc34)OC2=O)cc1OCC. The molecule has 0 aliphatic carbocycles. The summed E-state index contributed by atoms with van der Waals surface area (Å²) in [5.74, 6) is 0.824. The third-order valence-electron chi connectivity index (χ3n) is 5.02. The van der Waals surface area contributed by atoms with E-state index in [2.05, 4.69) is 11.9 Å². The lowest BCUT2D eigenvalue weighted by Gasteiger charge is -2.14. The molecule has 32 heavy (non-hydrogen) atoms. The van der Waals surface area contributed by atoms with E-state index in [1.807, 2.05) is 49.4 Å². The second-order valence-electron chi connectivity index (χ2n) is 7.33. The van der Waals surface area contributed by atoms with Crippen LogP contribution >= 0.6 is 11.6 Å². The first kappa shape index (κ1) is 21.9. The Morgan fingerprint density at radius 2 is 1.88 bits per heavy atom. The van der Waals surface area contributed by atoms with E-state index in [1.54, 1.807) is 18.2 Å². The minimum Gasteiger partial charge on any atom is -0.490 e. The van der Waals surface area contributed by atoms with Gasteiger partial charge in [0, 0.05) is 5.56 Å². The number of rotatable bonds is 8. The predicted octanol–water partition coefficient (Wildman–Crippen LogP) is 6.42. The molecule has 1 aliphatic heterocycles. The minimum absolute atomic E-state index is 0.200.